The Balaban J connectivity index is 1.81. The maximum atomic E-state index is 5.88. The van der Waals surface area contributed by atoms with E-state index in [1.807, 2.05) is 17.6 Å². The van der Waals surface area contributed by atoms with Crippen molar-refractivity contribution < 1.29 is 4.74 Å². The summed E-state index contributed by atoms with van der Waals surface area (Å²) in [7, 11) is 0. The number of ether oxygens (including phenoxy) is 1. The molecule has 1 aliphatic heterocycles. The van der Waals surface area contributed by atoms with Crippen molar-refractivity contribution in [2.45, 2.75) is 38.5 Å². The number of hydrogen-bond acceptors (Lipinski definition) is 4. The number of aromatic nitrogens is 1. The Labute approximate surface area is 117 Å². The van der Waals surface area contributed by atoms with E-state index in [4.69, 9.17) is 4.74 Å². The third-order valence-corrected chi connectivity index (χ3v) is 4.14. The number of rotatable bonds is 3. The lowest BCUT2D eigenvalue weighted by Gasteiger charge is -2.32. The molecule has 0 aliphatic carbocycles. The number of benzene rings is 1. The van der Waals surface area contributed by atoms with Gasteiger partial charge in [-0.05, 0) is 19.9 Å². The van der Waals surface area contributed by atoms with E-state index in [0.29, 0.717) is 6.04 Å². The van der Waals surface area contributed by atoms with Crippen LogP contribution >= 0.6 is 11.3 Å². The summed E-state index contributed by atoms with van der Waals surface area (Å²) in [4.78, 5) is 4.38. The highest BCUT2D eigenvalue weighted by Gasteiger charge is 2.26. The van der Waals surface area contributed by atoms with E-state index < -0.39 is 0 Å². The standard InChI is InChI=1S/C15H18N2OS/c1-10-7-13(12-5-3-4-6-15(12)18-10)17-11(2)14-8-19-9-16-14/h3-6,8-11,13,17H,7H2,1-2H3/t10-,11?,13-/m1/s1. The van der Waals surface area contributed by atoms with Crippen LogP contribution in [0.1, 0.15) is 43.6 Å². The largest absolute Gasteiger partial charge is 0.490 e. The van der Waals surface area contributed by atoms with Gasteiger partial charge in [0.05, 0.1) is 17.3 Å². The fraction of sp³-hybridized carbons (Fsp3) is 0.400. The summed E-state index contributed by atoms with van der Waals surface area (Å²) in [5.41, 5.74) is 4.25. The lowest BCUT2D eigenvalue weighted by atomic mass is 9.96. The molecule has 3 nitrogen and oxygen atoms in total. The maximum absolute atomic E-state index is 5.88. The van der Waals surface area contributed by atoms with E-state index in [1.54, 1.807) is 11.3 Å². The fourth-order valence-corrected chi connectivity index (χ4v) is 3.23. The number of fused-ring (bicyclic) bond motifs is 1. The van der Waals surface area contributed by atoms with Gasteiger partial charge in [0.2, 0.25) is 0 Å². The van der Waals surface area contributed by atoms with Crippen molar-refractivity contribution in [3.63, 3.8) is 0 Å². The van der Waals surface area contributed by atoms with Gasteiger partial charge in [0.15, 0.2) is 0 Å². The molecule has 2 aromatic rings. The molecule has 0 amide bonds. The predicted octanol–water partition coefficient (Wildman–Crippen LogP) is 3.71. The molecule has 0 bridgehead atoms. The molecule has 1 aromatic carbocycles. The van der Waals surface area contributed by atoms with E-state index in [1.165, 1.54) is 5.56 Å². The molecule has 1 aromatic heterocycles. The fourth-order valence-electron chi connectivity index (χ4n) is 2.58. The first-order valence-corrected chi connectivity index (χ1v) is 7.58. The van der Waals surface area contributed by atoms with Gasteiger partial charge >= 0.3 is 0 Å². The van der Waals surface area contributed by atoms with Crippen molar-refractivity contribution in [2.75, 3.05) is 0 Å². The summed E-state index contributed by atoms with van der Waals surface area (Å²) in [6.45, 7) is 4.29. The van der Waals surface area contributed by atoms with E-state index in [0.717, 1.165) is 17.9 Å². The van der Waals surface area contributed by atoms with Gasteiger partial charge in [-0.25, -0.2) is 4.98 Å². The molecule has 100 valence electrons. The molecule has 4 heteroatoms. The van der Waals surface area contributed by atoms with E-state index in [2.05, 4.69) is 41.7 Å². The molecular formula is C15H18N2OS. The van der Waals surface area contributed by atoms with Crippen LogP contribution in [0.3, 0.4) is 0 Å². The monoisotopic (exact) mass is 274 g/mol. The highest BCUT2D eigenvalue weighted by atomic mass is 32.1. The molecule has 3 rings (SSSR count). The highest BCUT2D eigenvalue weighted by molar-refractivity contribution is 7.07. The normalized spacial score (nSPS) is 23.5. The minimum atomic E-state index is 0.245. The van der Waals surface area contributed by atoms with Crippen molar-refractivity contribution in [2.24, 2.45) is 0 Å². The Bertz CT molecular complexity index is 541. The molecule has 19 heavy (non-hydrogen) atoms. The minimum Gasteiger partial charge on any atom is -0.490 e. The summed E-state index contributed by atoms with van der Waals surface area (Å²) in [5.74, 6) is 1.00. The van der Waals surface area contributed by atoms with Crippen molar-refractivity contribution in [3.8, 4) is 5.75 Å². The quantitative estimate of drug-likeness (QED) is 0.926. The molecule has 1 N–H and O–H groups in total. The molecule has 0 spiro atoms. The Morgan fingerprint density at radius 1 is 1.42 bits per heavy atom. The van der Waals surface area contributed by atoms with Crippen molar-refractivity contribution >= 4 is 11.3 Å². The third kappa shape index (κ3) is 2.65. The number of nitrogens with one attached hydrogen (secondary N) is 1. The second-order valence-corrected chi connectivity index (χ2v) is 5.77. The Hall–Kier alpha value is -1.39. The number of hydrogen-bond donors (Lipinski definition) is 1. The Morgan fingerprint density at radius 2 is 2.26 bits per heavy atom. The SMILES string of the molecule is CC(N[C@@H]1C[C@@H](C)Oc2ccccc21)c1cscn1. The van der Waals surface area contributed by atoms with E-state index in [9.17, 15) is 0 Å². The Kier molecular flexibility index (Phi) is 3.53. The molecule has 1 unspecified atom stereocenters. The predicted molar refractivity (Wildman–Crippen MR) is 77.6 cm³/mol. The topological polar surface area (TPSA) is 34.1 Å². The van der Waals surface area contributed by atoms with Crippen molar-refractivity contribution in [1.82, 2.24) is 10.3 Å². The van der Waals surface area contributed by atoms with Crippen LogP contribution in [0.25, 0.3) is 0 Å². The second-order valence-electron chi connectivity index (χ2n) is 5.06. The Morgan fingerprint density at radius 3 is 3.05 bits per heavy atom. The lowest BCUT2D eigenvalue weighted by molar-refractivity contribution is 0.162. The molecule has 3 atom stereocenters. The zero-order chi connectivity index (χ0) is 13.2. The van der Waals surface area contributed by atoms with Crippen LogP contribution in [0.2, 0.25) is 0 Å². The van der Waals surface area contributed by atoms with Crippen LogP contribution < -0.4 is 10.1 Å². The zero-order valence-corrected chi connectivity index (χ0v) is 12.0. The number of nitrogens with zero attached hydrogens (tertiary/aromatic N) is 1. The lowest BCUT2D eigenvalue weighted by Crippen LogP contribution is -2.33. The first-order valence-electron chi connectivity index (χ1n) is 6.63. The van der Waals surface area contributed by atoms with Gasteiger partial charge in [0.25, 0.3) is 0 Å². The molecule has 0 fully saturated rings. The number of thiazole rings is 1. The smallest absolute Gasteiger partial charge is 0.124 e. The summed E-state index contributed by atoms with van der Waals surface area (Å²) in [6, 6.07) is 8.88. The van der Waals surface area contributed by atoms with Gasteiger partial charge in [0.1, 0.15) is 5.75 Å². The maximum Gasteiger partial charge on any atom is 0.124 e. The van der Waals surface area contributed by atoms with Gasteiger partial charge in [0, 0.05) is 29.4 Å². The molecule has 2 heterocycles. The van der Waals surface area contributed by atoms with Gasteiger partial charge in [-0.15, -0.1) is 11.3 Å². The van der Waals surface area contributed by atoms with Gasteiger partial charge in [-0.3, -0.25) is 0 Å². The summed E-state index contributed by atoms with van der Waals surface area (Å²) < 4.78 is 5.88. The second kappa shape index (κ2) is 5.31. The van der Waals surface area contributed by atoms with Crippen LogP contribution in [0.4, 0.5) is 0 Å². The van der Waals surface area contributed by atoms with Gasteiger partial charge in [-0.1, -0.05) is 18.2 Å². The van der Waals surface area contributed by atoms with Crippen LogP contribution in [0.5, 0.6) is 5.75 Å². The molecular weight excluding hydrogens is 256 g/mol. The van der Waals surface area contributed by atoms with Crippen LogP contribution in [0, 0.1) is 0 Å². The van der Waals surface area contributed by atoms with Gasteiger partial charge < -0.3 is 10.1 Å². The van der Waals surface area contributed by atoms with Crippen molar-refractivity contribution in [3.05, 3.63) is 46.4 Å². The average Bonchev–Trinajstić information content (AvgIpc) is 2.92. The average molecular weight is 274 g/mol. The van der Waals surface area contributed by atoms with Gasteiger partial charge in [-0.2, -0.15) is 0 Å². The summed E-state index contributed by atoms with van der Waals surface area (Å²) in [6.07, 6.45) is 1.24. The summed E-state index contributed by atoms with van der Waals surface area (Å²) in [5, 5.41) is 5.78. The number of para-hydroxylation sites is 1. The van der Waals surface area contributed by atoms with Crippen LogP contribution in [-0.4, -0.2) is 11.1 Å². The zero-order valence-electron chi connectivity index (χ0n) is 11.2. The van der Waals surface area contributed by atoms with Crippen LogP contribution in [0.15, 0.2) is 35.2 Å². The molecule has 0 radical (unpaired) electrons. The summed E-state index contributed by atoms with van der Waals surface area (Å²) >= 11 is 1.64. The van der Waals surface area contributed by atoms with E-state index in [-0.39, 0.29) is 12.1 Å². The van der Waals surface area contributed by atoms with E-state index >= 15 is 0 Å². The highest BCUT2D eigenvalue weighted by Crippen LogP contribution is 2.35. The van der Waals surface area contributed by atoms with Crippen LogP contribution in [-0.2, 0) is 0 Å². The molecule has 0 saturated heterocycles. The third-order valence-electron chi connectivity index (χ3n) is 3.54. The first kappa shape index (κ1) is 12.6. The minimum absolute atomic E-state index is 0.245. The molecule has 1 aliphatic rings. The van der Waals surface area contributed by atoms with Crippen molar-refractivity contribution in [1.29, 1.82) is 0 Å². The molecule has 0 saturated carbocycles. The first-order chi connectivity index (χ1) is 9.24.